The van der Waals surface area contributed by atoms with Crippen molar-refractivity contribution < 1.29 is 18.3 Å². The molecule has 2 aromatic carbocycles. The number of amides is 1. The number of hydrogen-bond donors (Lipinski definition) is 1. The molecule has 1 N–H and O–H groups in total. The Labute approximate surface area is 157 Å². The molecule has 0 saturated heterocycles. The molecule has 0 aliphatic heterocycles. The minimum atomic E-state index is -2.73. The van der Waals surface area contributed by atoms with Gasteiger partial charge in [0.25, 0.3) is 6.43 Å². The van der Waals surface area contributed by atoms with Crippen molar-refractivity contribution in [2.45, 2.75) is 6.43 Å². The van der Waals surface area contributed by atoms with Gasteiger partial charge in [-0.25, -0.2) is 13.6 Å². The van der Waals surface area contributed by atoms with E-state index in [1.54, 1.807) is 19.2 Å². The average Bonchev–Trinajstić information content (AvgIpc) is 2.96. The molecule has 3 aromatic rings. The number of ether oxygens (including phenoxy) is 1. The first-order valence-electron chi connectivity index (χ1n) is 7.72. The summed E-state index contributed by atoms with van der Waals surface area (Å²) in [5.74, 6) is -0.166. The van der Waals surface area contributed by atoms with E-state index in [1.807, 2.05) is 36.4 Å². The van der Waals surface area contributed by atoms with Crippen LogP contribution >= 0.6 is 15.9 Å². The molecular weight excluding hydrogens is 406 g/mol. The van der Waals surface area contributed by atoms with Crippen LogP contribution in [0.4, 0.5) is 19.3 Å². The number of carbonyl (C=O) groups excluding carboxylic acids is 1. The van der Waals surface area contributed by atoms with Gasteiger partial charge in [0.1, 0.15) is 0 Å². The Morgan fingerprint density at radius 1 is 1.12 bits per heavy atom. The number of hydrogen-bond acceptors (Lipinski definition) is 2. The van der Waals surface area contributed by atoms with Crippen molar-refractivity contribution >= 4 is 27.7 Å². The fourth-order valence-corrected chi connectivity index (χ4v) is 2.80. The van der Waals surface area contributed by atoms with Crippen molar-refractivity contribution in [2.75, 3.05) is 5.32 Å². The van der Waals surface area contributed by atoms with Crippen molar-refractivity contribution in [3.63, 3.8) is 0 Å². The second kappa shape index (κ2) is 7.70. The number of halogens is 3. The Morgan fingerprint density at radius 2 is 1.81 bits per heavy atom. The smallest absolute Gasteiger partial charge is 0.408 e. The third-order valence-electron chi connectivity index (χ3n) is 3.70. The van der Waals surface area contributed by atoms with Crippen LogP contribution in [-0.4, -0.2) is 10.7 Å². The topological polar surface area (TPSA) is 43.3 Å². The molecule has 0 fully saturated rings. The molecule has 3 rings (SSSR count). The minimum absolute atomic E-state index is 0.166. The number of para-hydroxylation sites is 1. The van der Waals surface area contributed by atoms with Gasteiger partial charge in [-0.15, -0.1) is 0 Å². The quantitative estimate of drug-likeness (QED) is 0.561. The van der Waals surface area contributed by atoms with Crippen molar-refractivity contribution in [3.8, 4) is 16.9 Å². The van der Waals surface area contributed by atoms with Crippen LogP contribution in [-0.2, 0) is 7.05 Å². The Bertz CT molecular complexity index is 924. The number of anilines is 1. The molecule has 0 radical (unpaired) electrons. The summed E-state index contributed by atoms with van der Waals surface area (Å²) in [5, 5.41) is 2.62. The van der Waals surface area contributed by atoms with Crippen molar-refractivity contribution in [1.29, 1.82) is 0 Å². The van der Waals surface area contributed by atoms with Gasteiger partial charge >= 0.3 is 6.09 Å². The number of rotatable bonds is 4. The molecule has 0 aliphatic rings. The Balaban J connectivity index is 1.81. The summed E-state index contributed by atoms with van der Waals surface area (Å²) in [6, 6.07) is 14.8. The third-order valence-corrected chi connectivity index (χ3v) is 4.23. The number of aromatic nitrogens is 1. The lowest BCUT2D eigenvalue weighted by Crippen LogP contribution is -2.17. The molecule has 4 nitrogen and oxygen atoms in total. The number of carbonyl (C=O) groups is 1. The molecule has 0 aliphatic carbocycles. The molecular formula is C19H15BrF2N2O2. The lowest BCUT2D eigenvalue weighted by atomic mass is 10.0. The van der Waals surface area contributed by atoms with Gasteiger partial charge in [-0.3, -0.25) is 5.32 Å². The predicted octanol–water partition coefficient (Wildman–Crippen LogP) is 6.00. The molecule has 0 bridgehead atoms. The summed E-state index contributed by atoms with van der Waals surface area (Å²) in [6.07, 6.45) is -0.998. The lowest BCUT2D eigenvalue weighted by molar-refractivity contribution is 0.147. The Kier molecular flexibility index (Phi) is 5.37. The number of nitrogens with zero attached hydrogens (tertiary/aromatic N) is 1. The van der Waals surface area contributed by atoms with E-state index in [0.29, 0.717) is 5.69 Å². The zero-order valence-corrected chi connectivity index (χ0v) is 15.3. The molecule has 26 heavy (non-hydrogen) atoms. The van der Waals surface area contributed by atoms with Crippen LogP contribution in [0.3, 0.4) is 0 Å². The van der Waals surface area contributed by atoms with Crippen molar-refractivity contribution in [2.24, 2.45) is 7.05 Å². The Morgan fingerprint density at radius 3 is 2.50 bits per heavy atom. The second-order valence-corrected chi connectivity index (χ2v) is 6.53. The van der Waals surface area contributed by atoms with Gasteiger partial charge in [0.15, 0.2) is 5.75 Å². The van der Waals surface area contributed by atoms with Crippen molar-refractivity contribution in [1.82, 2.24) is 4.57 Å². The molecule has 134 valence electrons. The number of alkyl halides is 2. The molecule has 0 spiro atoms. The summed E-state index contributed by atoms with van der Waals surface area (Å²) in [5.41, 5.74) is 1.88. The molecule has 0 unspecified atom stereocenters. The summed E-state index contributed by atoms with van der Waals surface area (Å²) in [7, 11) is 1.58. The molecule has 7 heteroatoms. The Hall–Kier alpha value is -2.67. The summed E-state index contributed by atoms with van der Waals surface area (Å²) < 4.78 is 33.5. The zero-order valence-electron chi connectivity index (χ0n) is 13.7. The van der Waals surface area contributed by atoms with Gasteiger partial charge in [0, 0.05) is 29.5 Å². The minimum Gasteiger partial charge on any atom is -0.408 e. The van der Waals surface area contributed by atoms with Gasteiger partial charge in [0.05, 0.1) is 11.3 Å². The van der Waals surface area contributed by atoms with Gasteiger partial charge in [-0.2, -0.15) is 0 Å². The van der Waals surface area contributed by atoms with E-state index < -0.39 is 12.5 Å². The highest BCUT2D eigenvalue weighted by atomic mass is 79.9. The second-order valence-electron chi connectivity index (χ2n) is 5.61. The fourth-order valence-electron chi connectivity index (χ4n) is 2.54. The molecule has 0 atom stereocenters. The summed E-state index contributed by atoms with van der Waals surface area (Å²) >= 11 is 3.38. The molecule has 0 saturated carbocycles. The van der Waals surface area contributed by atoms with Crippen LogP contribution in [0.2, 0.25) is 0 Å². The van der Waals surface area contributed by atoms with E-state index >= 15 is 0 Å². The highest BCUT2D eigenvalue weighted by Gasteiger charge is 2.19. The number of nitrogens with one attached hydrogen (secondary N) is 1. The number of benzene rings is 2. The lowest BCUT2D eigenvalue weighted by Gasteiger charge is -2.12. The van der Waals surface area contributed by atoms with Crippen LogP contribution in [0, 0.1) is 0 Å². The maximum absolute atomic E-state index is 13.0. The highest BCUT2D eigenvalue weighted by molar-refractivity contribution is 9.10. The standard InChI is InChI=1S/C19H15BrF2N2O2/c1-24-10-15(18(21)22)17(11-24)26-19(25)23-16-5-3-2-4-14(16)12-6-8-13(20)9-7-12/h2-11,18H,1H3,(H,23,25). The van der Waals surface area contributed by atoms with Gasteiger partial charge in [-0.05, 0) is 23.8 Å². The van der Waals surface area contributed by atoms with Gasteiger partial charge < -0.3 is 9.30 Å². The van der Waals surface area contributed by atoms with E-state index in [-0.39, 0.29) is 11.3 Å². The summed E-state index contributed by atoms with van der Waals surface area (Å²) in [4.78, 5) is 12.2. The fraction of sp³-hybridized carbons (Fsp3) is 0.105. The van der Waals surface area contributed by atoms with Crippen LogP contribution in [0.1, 0.15) is 12.0 Å². The van der Waals surface area contributed by atoms with E-state index in [0.717, 1.165) is 15.6 Å². The van der Waals surface area contributed by atoms with Crippen LogP contribution in [0.15, 0.2) is 65.4 Å². The first kappa shape index (κ1) is 18.1. The molecule has 1 amide bonds. The van der Waals surface area contributed by atoms with Gasteiger partial charge in [0.2, 0.25) is 0 Å². The summed E-state index contributed by atoms with van der Waals surface area (Å²) in [6.45, 7) is 0. The highest BCUT2D eigenvalue weighted by Crippen LogP contribution is 2.31. The molecule has 1 aromatic heterocycles. The third kappa shape index (κ3) is 4.11. The maximum atomic E-state index is 13.0. The van der Waals surface area contributed by atoms with E-state index in [4.69, 9.17) is 4.74 Å². The predicted molar refractivity (Wildman–Crippen MR) is 99.6 cm³/mol. The SMILES string of the molecule is Cn1cc(OC(=O)Nc2ccccc2-c2ccc(Br)cc2)c(C(F)F)c1. The van der Waals surface area contributed by atoms with Crippen LogP contribution in [0.25, 0.3) is 11.1 Å². The molecule has 1 heterocycles. The monoisotopic (exact) mass is 420 g/mol. The number of aryl methyl sites for hydroxylation is 1. The van der Waals surface area contributed by atoms with E-state index in [2.05, 4.69) is 21.2 Å². The van der Waals surface area contributed by atoms with Crippen LogP contribution < -0.4 is 10.1 Å². The average molecular weight is 421 g/mol. The largest absolute Gasteiger partial charge is 0.417 e. The normalized spacial score (nSPS) is 10.8. The van der Waals surface area contributed by atoms with Crippen molar-refractivity contribution in [3.05, 3.63) is 71.0 Å². The van der Waals surface area contributed by atoms with Crippen LogP contribution in [0.5, 0.6) is 5.75 Å². The first-order chi connectivity index (χ1) is 12.4. The first-order valence-corrected chi connectivity index (χ1v) is 8.51. The van der Waals surface area contributed by atoms with E-state index in [9.17, 15) is 13.6 Å². The maximum Gasteiger partial charge on any atom is 0.417 e. The van der Waals surface area contributed by atoms with E-state index in [1.165, 1.54) is 17.0 Å². The zero-order chi connectivity index (χ0) is 18.7. The van der Waals surface area contributed by atoms with Gasteiger partial charge in [-0.1, -0.05) is 46.3 Å².